The number of benzene rings is 2. The molecule has 172 valence electrons. The van der Waals surface area contributed by atoms with Gasteiger partial charge in [0.1, 0.15) is 0 Å². The summed E-state index contributed by atoms with van der Waals surface area (Å²) < 4.78 is 61.9. The van der Waals surface area contributed by atoms with Crippen LogP contribution in [-0.4, -0.2) is 30.8 Å². The molecule has 8 heteroatoms. The van der Waals surface area contributed by atoms with Gasteiger partial charge >= 0.3 is 21.3 Å². The predicted octanol–water partition coefficient (Wildman–Crippen LogP) is 5.26. The molecule has 5 rings (SSSR count). The van der Waals surface area contributed by atoms with Gasteiger partial charge in [-0.05, 0) is 54.9 Å². The molecule has 1 unspecified atom stereocenters. The average Bonchev–Trinajstić information content (AvgIpc) is 2.75. The summed E-state index contributed by atoms with van der Waals surface area (Å²) in [4.78, 5) is 13.2. The minimum Gasteiger partial charge on any atom is -0.465 e. The highest BCUT2D eigenvalue weighted by atomic mass is 32.2. The van der Waals surface area contributed by atoms with Crippen LogP contribution < -0.4 is 0 Å². The number of alkyl halides is 2. The van der Waals surface area contributed by atoms with Gasteiger partial charge in [0, 0.05) is 18.3 Å². The van der Waals surface area contributed by atoms with E-state index in [1.165, 1.54) is 11.1 Å². The van der Waals surface area contributed by atoms with Crippen LogP contribution in [0.2, 0.25) is 0 Å². The molecule has 0 aliphatic heterocycles. The molecule has 3 aliphatic carbocycles. The first-order valence-corrected chi connectivity index (χ1v) is 12.2. The maximum absolute atomic E-state index is 13.3. The second-order valence-electron chi connectivity index (χ2n) is 8.92. The summed E-state index contributed by atoms with van der Waals surface area (Å²) in [5.74, 6) is -0.298. The zero-order valence-electron chi connectivity index (χ0n) is 17.8. The molecule has 0 fully saturated rings. The third-order valence-electron chi connectivity index (χ3n) is 6.82. The number of rotatable bonds is 8. The van der Waals surface area contributed by atoms with E-state index in [9.17, 15) is 22.0 Å². The first-order chi connectivity index (χ1) is 15.1. The van der Waals surface area contributed by atoms with Crippen molar-refractivity contribution >= 4 is 16.1 Å². The summed E-state index contributed by atoms with van der Waals surface area (Å²) in [5.41, 5.74) is 4.07. The molecule has 0 amide bonds. The van der Waals surface area contributed by atoms with Gasteiger partial charge in [0.2, 0.25) is 0 Å². The predicted molar refractivity (Wildman–Crippen MR) is 115 cm³/mol. The monoisotopic (exact) mass is 464 g/mol. The summed E-state index contributed by atoms with van der Waals surface area (Å²) >= 11 is 0. The molecule has 0 saturated carbocycles. The number of halogens is 2. The lowest BCUT2D eigenvalue weighted by atomic mass is 9.53. The number of hydrogen-bond acceptors (Lipinski definition) is 4. The van der Waals surface area contributed by atoms with Crippen LogP contribution in [0.15, 0.2) is 48.5 Å². The van der Waals surface area contributed by atoms with Gasteiger partial charge in [-0.2, -0.15) is 17.2 Å². The molecule has 32 heavy (non-hydrogen) atoms. The van der Waals surface area contributed by atoms with E-state index < -0.39 is 27.2 Å². The van der Waals surface area contributed by atoms with Crippen LogP contribution in [0.4, 0.5) is 8.78 Å². The second-order valence-corrected chi connectivity index (χ2v) is 10.5. The lowest BCUT2D eigenvalue weighted by molar-refractivity contribution is -0.157. The van der Waals surface area contributed by atoms with E-state index in [1.807, 2.05) is 31.2 Å². The van der Waals surface area contributed by atoms with E-state index in [0.29, 0.717) is 12.8 Å². The van der Waals surface area contributed by atoms with Crippen LogP contribution in [-0.2, 0) is 19.6 Å². The van der Waals surface area contributed by atoms with Crippen molar-refractivity contribution in [2.24, 2.45) is 5.41 Å². The number of esters is 1. The minimum atomic E-state index is -5.40. The third kappa shape index (κ3) is 3.83. The lowest BCUT2D eigenvalue weighted by Gasteiger charge is -2.50. The van der Waals surface area contributed by atoms with Crippen LogP contribution >= 0.6 is 0 Å². The molecule has 0 spiro atoms. The topological polar surface area (TPSA) is 80.7 Å². The van der Waals surface area contributed by atoms with Crippen LogP contribution in [0.1, 0.15) is 73.1 Å². The Morgan fingerprint density at radius 1 is 1.03 bits per heavy atom. The largest absolute Gasteiger partial charge is 0.465 e. The van der Waals surface area contributed by atoms with Crippen LogP contribution in [0.25, 0.3) is 0 Å². The Labute approximate surface area is 186 Å². The fourth-order valence-electron chi connectivity index (χ4n) is 5.24. The molecule has 5 nitrogen and oxygen atoms in total. The van der Waals surface area contributed by atoms with Crippen molar-refractivity contribution in [3.63, 3.8) is 0 Å². The number of fused-ring (bicyclic) bond motifs is 1. The van der Waals surface area contributed by atoms with Gasteiger partial charge in [-0.25, -0.2) is 0 Å². The molecular weight excluding hydrogens is 438 g/mol. The van der Waals surface area contributed by atoms with E-state index in [4.69, 9.17) is 9.29 Å². The zero-order valence-corrected chi connectivity index (χ0v) is 18.6. The minimum absolute atomic E-state index is 0.0759. The van der Waals surface area contributed by atoms with Crippen molar-refractivity contribution in [1.82, 2.24) is 0 Å². The van der Waals surface area contributed by atoms with Crippen molar-refractivity contribution in [2.45, 2.75) is 56.1 Å². The Kier molecular flexibility index (Phi) is 5.88. The maximum atomic E-state index is 13.3. The molecule has 3 aliphatic rings. The van der Waals surface area contributed by atoms with E-state index in [-0.39, 0.29) is 37.3 Å². The highest BCUT2D eigenvalue weighted by Crippen LogP contribution is 2.61. The fraction of sp³-hybridized carbons (Fsp3) is 0.458. The van der Waals surface area contributed by atoms with Crippen LogP contribution in [0.5, 0.6) is 0 Å². The number of hydrogen-bond donors (Lipinski definition) is 1. The average molecular weight is 465 g/mol. The molecular formula is C24H26F2O5S. The Bertz CT molecular complexity index is 1080. The normalized spacial score (nSPS) is 24.0. The van der Waals surface area contributed by atoms with Crippen molar-refractivity contribution in [3.05, 3.63) is 70.8 Å². The summed E-state index contributed by atoms with van der Waals surface area (Å²) in [7, 11) is -5.40. The van der Waals surface area contributed by atoms with E-state index in [0.717, 1.165) is 11.1 Å². The van der Waals surface area contributed by atoms with E-state index in [1.54, 1.807) is 0 Å². The molecule has 1 atom stereocenters. The van der Waals surface area contributed by atoms with E-state index in [2.05, 4.69) is 24.3 Å². The Hall–Kier alpha value is -2.32. The quantitative estimate of drug-likeness (QED) is 0.328. The van der Waals surface area contributed by atoms with Gasteiger partial charge in [0.15, 0.2) is 0 Å². The highest BCUT2D eigenvalue weighted by molar-refractivity contribution is 7.86. The summed E-state index contributed by atoms with van der Waals surface area (Å²) in [5, 5.41) is -4.15. The molecule has 0 heterocycles. The van der Waals surface area contributed by atoms with Crippen molar-refractivity contribution in [1.29, 1.82) is 0 Å². The molecule has 2 aromatic carbocycles. The van der Waals surface area contributed by atoms with Gasteiger partial charge in [0.05, 0.1) is 12.0 Å². The first-order valence-electron chi connectivity index (χ1n) is 10.8. The van der Waals surface area contributed by atoms with Crippen LogP contribution in [0, 0.1) is 5.41 Å². The first kappa shape index (κ1) is 22.9. The number of carbonyl (C=O) groups excluding carboxylic acids is 1. The van der Waals surface area contributed by atoms with Gasteiger partial charge in [-0.1, -0.05) is 48.5 Å². The summed E-state index contributed by atoms with van der Waals surface area (Å²) in [6.45, 7) is 2.01. The van der Waals surface area contributed by atoms with Crippen molar-refractivity contribution in [3.8, 4) is 0 Å². The Morgan fingerprint density at radius 2 is 1.56 bits per heavy atom. The molecule has 2 aromatic rings. The second kappa shape index (κ2) is 8.23. The Balaban J connectivity index is 1.41. The standard InChI is InChI=1S/C24H26F2O5S/c1-23(22(27)31-14-8-2-7-13-24(25,26)32(28,29)30)15-20-16-9-3-5-11-18(16)21(23)19-12-6-4-10-17(19)20/h3-6,9-12,20-21H,2,7-8,13-15H2,1H3,(H,28,29,30). The van der Waals surface area contributed by atoms with Crippen LogP contribution in [0.3, 0.4) is 0 Å². The molecule has 0 saturated heterocycles. The SMILES string of the molecule is CC1(C(=O)OCCCCCC(F)(F)S(=O)(=O)O)CC2c3ccccc3C1c1ccccc12. The number of unbranched alkanes of at least 4 members (excludes halogenated alkanes) is 2. The van der Waals surface area contributed by atoms with Gasteiger partial charge in [0.25, 0.3) is 0 Å². The maximum Gasteiger partial charge on any atom is 0.370 e. The molecule has 2 bridgehead atoms. The summed E-state index contributed by atoms with van der Waals surface area (Å²) in [6, 6.07) is 16.4. The highest BCUT2D eigenvalue weighted by Gasteiger charge is 2.54. The molecule has 0 aromatic heterocycles. The fourth-order valence-corrected chi connectivity index (χ4v) is 5.64. The summed E-state index contributed by atoms with van der Waals surface area (Å²) in [6.07, 6.45) is 0.171. The number of ether oxygens (including phenoxy) is 1. The lowest BCUT2D eigenvalue weighted by Crippen LogP contribution is -2.45. The number of carbonyl (C=O) groups is 1. The molecule has 1 N–H and O–H groups in total. The van der Waals surface area contributed by atoms with Crippen molar-refractivity contribution < 1.29 is 31.3 Å². The van der Waals surface area contributed by atoms with E-state index >= 15 is 0 Å². The smallest absolute Gasteiger partial charge is 0.370 e. The molecule has 0 radical (unpaired) electrons. The van der Waals surface area contributed by atoms with Gasteiger partial charge in [-0.3, -0.25) is 9.35 Å². The Morgan fingerprint density at radius 3 is 2.09 bits per heavy atom. The van der Waals surface area contributed by atoms with Gasteiger partial charge < -0.3 is 4.74 Å². The van der Waals surface area contributed by atoms with Gasteiger partial charge in [-0.15, -0.1) is 0 Å². The zero-order chi connectivity index (χ0) is 23.1. The third-order valence-corrected chi connectivity index (χ3v) is 7.78. The van der Waals surface area contributed by atoms with Crippen molar-refractivity contribution in [2.75, 3.05) is 6.61 Å².